The number of benzene rings is 2. The highest BCUT2D eigenvalue weighted by atomic mass is 32.2. The van der Waals surface area contributed by atoms with Crippen molar-refractivity contribution in [3.05, 3.63) is 78.0 Å². The van der Waals surface area contributed by atoms with E-state index in [1.165, 1.54) is 4.68 Å². The highest BCUT2D eigenvalue weighted by Crippen LogP contribution is 2.31. The quantitative estimate of drug-likeness (QED) is 0.274. The minimum atomic E-state index is -5.08. The fourth-order valence-corrected chi connectivity index (χ4v) is 5.84. The van der Waals surface area contributed by atoms with Crippen LogP contribution in [0.4, 0.5) is 18.9 Å². The fourth-order valence-electron chi connectivity index (χ4n) is 4.97. The Morgan fingerprint density at radius 2 is 1.62 bits per heavy atom. The van der Waals surface area contributed by atoms with E-state index in [4.69, 9.17) is 14.6 Å². The molecule has 0 fully saturated rings. The lowest BCUT2D eigenvalue weighted by atomic mass is 10.1. The molecule has 256 valence electrons. The van der Waals surface area contributed by atoms with E-state index in [0.29, 0.717) is 48.6 Å². The van der Waals surface area contributed by atoms with Gasteiger partial charge in [0.1, 0.15) is 17.3 Å². The Morgan fingerprint density at radius 3 is 2.17 bits per heavy atom. The van der Waals surface area contributed by atoms with Crippen LogP contribution >= 0.6 is 0 Å². The average Bonchev–Trinajstić information content (AvgIpc) is 3.67. The van der Waals surface area contributed by atoms with Crippen molar-refractivity contribution in [1.29, 1.82) is 0 Å². The summed E-state index contributed by atoms with van der Waals surface area (Å²) in [6.45, 7) is 2.65. The molecule has 2 amide bonds. The summed E-state index contributed by atoms with van der Waals surface area (Å²) < 4.78 is 65.4. The number of hydrogen-bond acceptors (Lipinski definition) is 8. The Balaban J connectivity index is 0.000000671. The van der Waals surface area contributed by atoms with Crippen molar-refractivity contribution in [2.45, 2.75) is 43.9 Å². The maximum Gasteiger partial charge on any atom is 0.490 e. The first-order valence-electron chi connectivity index (χ1n) is 14.5. The van der Waals surface area contributed by atoms with Gasteiger partial charge in [0.25, 0.3) is 5.91 Å². The minimum Gasteiger partial charge on any atom is -0.497 e. The molecule has 0 saturated heterocycles. The molecule has 17 heteroatoms. The molecule has 1 aliphatic rings. The average molecular weight is 691 g/mol. The van der Waals surface area contributed by atoms with Gasteiger partial charge in [0.15, 0.2) is 14.9 Å². The van der Waals surface area contributed by atoms with E-state index in [2.05, 4.69) is 10.1 Å². The van der Waals surface area contributed by atoms with E-state index in [-0.39, 0.29) is 22.5 Å². The number of methoxy groups -OCH3 is 1. The summed E-state index contributed by atoms with van der Waals surface area (Å²) in [6, 6.07) is 14.4. The van der Waals surface area contributed by atoms with E-state index >= 15 is 0 Å². The lowest BCUT2D eigenvalue weighted by molar-refractivity contribution is -0.192. The number of rotatable bonds is 9. The number of anilines is 1. The van der Waals surface area contributed by atoms with Gasteiger partial charge >= 0.3 is 12.1 Å². The third-order valence-corrected chi connectivity index (χ3v) is 8.35. The maximum absolute atomic E-state index is 13.9. The zero-order valence-corrected chi connectivity index (χ0v) is 27.2. The second kappa shape index (κ2) is 14.3. The van der Waals surface area contributed by atoms with Gasteiger partial charge in [-0.05, 0) is 61.4 Å². The van der Waals surface area contributed by atoms with Gasteiger partial charge < -0.3 is 24.2 Å². The van der Waals surface area contributed by atoms with Crippen LogP contribution in [0.5, 0.6) is 5.75 Å². The van der Waals surface area contributed by atoms with E-state index in [1.54, 1.807) is 54.4 Å². The number of ether oxygens (including phenoxy) is 1. The van der Waals surface area contributed by atoms with E-state index in [1.807, 2.05) is 42.0 Å². The summed E-state index contributed by atoms with van der Waals surface area (Å²) in [5.74, 6) is -1.68. The monoisotopic (exact) mass is 690 g/mol. The molecule has 0 bridgehead atoms. The number of halogens is 3. The maximum atomic E-state index is 13.9. The van der Waals surface area contributed by atoms with Crippen molar-refractivity contribution < 1.29 is 45.8 Å². The highest BCUT2D eigenvalue weighted by Gasteiger charge is 2.38. The molecule has 13 nitrogen and oxygen atoms in total. The topological polar surface area (TPSA) is 157 Å². The number of carbonyl (C=O) groups is 3. The molecular weight excluding hydrogens is 657 g/mol. The number of carboxylic acid groups (broad SMARTS) is 1. The largest absolute Gasteiger partial charge is 0.497 e. The number of amides is 2. The smallest absolute Gasteiger partial charge is 0.490 e. The zero-order valence-electron chi connectivity index (χ0n) is 26.4. The van der Waals surface area contributed by atoms with Crippen molar-refractivity contribution >= 4 is 33.3 Å². The molecule has 48 heavy (non-hydrogen) atoms. The summed E-state index contributed by atoms with van der Waals surface area (Å²) in [5.41, 5.74) is 2.71. The van der Waals surface area contributed by atoms with E-state index in [9.17, 15) is 31.2 Å². The van der Waals surface area contributed by atoms with Crippen molar-refractivity contribution in [2.75, 3.05) is 31.9 Å². The molecule has 0 spiro atoms. The van der Waals surface area contributed by atoms with Gasteiger partial charge in [-0.15, -0.1) is 0 Å². The Labute approximate surface area is 274 Å². The van der Waals surface area contributed by atoms with Crippen LogP contribution in [0.1, 0.15) is 41.6 Å². The van der Waals surface area contributed by atoms with Gasteiger partial charge in [0.2, 0.25) is 5.91 Å². The number of imidazole rings is 1. The molecule has 0 saturated carbocycles. The van der Waals surface area contributed by atoms with Crippen LogP contribution < -0.4 is 9.64 Å². The number of fused-ring (bicyclic) bond motifs is 1. The number of alkyl halides is 3. The molecule has 2 aromatic heterocycles. The SMILES string of the molecule is CCCC(=O)N(C)Cc1nccn1-c1ccc(N2CCc3c(S(C)(=O)=O)nn(-c4ccc(OC)cc4)c3C2=O)cc1.O=C(O)C(F)(F)F. The lowest BCUT2D eigenvalue weighted by Crippen LogP contribution is -2.39. The summed E-state index contributed by atoms with van der Waals surface area (Å²) in [6.07, 6.45) is 1.15. The van der Waals surface area contributed by atoms with Crippen molar-refractivity contribution in [1.82, 2.24) is 24.2 Å². The van der Waals surface area contributed by atoms with Gasteiger partial charge in [0, 0.05) is 55.6 Å². The molecule has 2 aromatic carbocycles. The number of hydrogen-bond donors (Lipinski definition) is 1. The predicted molar refractivity (Wildman–Crippen MR) is 167 cm³/mol. The molecule has 0 radical (unpaired) electrons. The van der Waals surface area contributed by atoms with Gasteiger partial charge in [-0.1, -0.05) is 6.92 Å². The lowest BCUT2D eigenvalue weighted by Gasteiger charge is -2.28. The van der Waals surface area contributed by atoms with Gasteiger partial charge in [-0.2, -0.15) is 18.3 Å². The Bertz CT molecular complexity index is 1900. The highest BCUT2D eigenvalue weighted by molar-refractivity contribution is 7.90. The number of carboxylic acids is 1. The number of aromatic nitrogens is 4. The molecular formula is C31H33F3N6O7S. The molecule has 0 aliphatic carbocycles. The molecule has 3 heterocycles. The van der Waals surface area contributed by atoms with Crippen LogP contribution in [0.3, 0.4) is 0 Å². The Morgan fingerprint density at radius 1 is 1.04 bits per heavy atom. The van der Waals surface area contributed by atoms with E-state index in [0.717, 1.165) is 24.2 Å². The van der Waals surface area contributed by atoms with Crippen LogP contribution in [0.2, 0.25) is 0 Å². The van der Waals surface area contributed by atoms with Crippen LogP contribution in [-0.2, 0) is 32.4 Å². The predicted octanol–water partition coefficient (Wildman–Crippen LogP) is 4.06. The molecule has 5 rings (SSSR count). The van der Waals surface area contributed by atoms with Gasteiger partial charge in [-0.25, -0.2) is 22.9 Å². The molecule has 1 aliphatic heterocycles. The fraction of sp³-hybridized carbons (Fsp3) is 0.323. The van der Waals surface area contributed by atoms with Gasteiger partial charge in [-0.3, -0.25) is 9.59 Å². The first-order valence-corrected chi connectivity index (χ1v) is 16.4. The molecule has 0 atom stereocenters. The van der Waals surface area contributed by atoms with Crippen LogP contribution in [-0.4, -0.2) is 88.7 Å². The Hall–Kier alpha value is -5.19. The minimum absolute atomic E-state index is 0.0632. The second-order valence-corrected chi connectivity index (χ2v) is 12.7. The summed E-state index contributed by atoms with van der Waals surface area (Å²) in [4.78, 5) is 42.8. The summed E-state index contributed by atoms with van der Waals surface area (Å²) in [5, 5.41) is 11.4. The summed E-state index contributed by atoms with van der Waals surface area (Å²) >= 11 is 0. The standard InChI is InChI=1S/C29H32N6O5S.C2HF3O2/c1-5-6-26(36)32(2)19-25-30-16-18-33(25)20-7-9-21(10-8-20)34-17-15-24-27(29(34)37)35(31-28(24)41(4,38)39)22-11-13-23(40-3)14-12-22;3-2(4,5)1(6)7/h7-14,16,18H,5-6,15,17,19H2,1-4H3;(H,6,7). The Kier molecular flexibility index (Phi) is 10.6. The molecule has 0 unspecified atom stereocenters. The van der Waals surface area contributed by atoms with Gasteiger partial charge in [0.05, 0.1) is 19.3 Å². The number of sulfone groups is 1. The second-order valence-electron chi connectivity index (χ2n) is 10.8. The summed E-state index contributed by atoms with van der Waals surface area (Å²) in [7, 11) is -0.341. The normalized spacial score (nSPS) is 13.0. The molecule has 4 aromatic rings. The van der Waals surface area contributed by atoms with Crippen LogP contribution in [0.25, 0.3) is 11.4 Å². The number of aliphatic carboxylic acids is 1. The first kappa shape index (κ1) is 35.7. The van der Waals surface area contributed by atoms with Crippen molar-refractivity contribution in [2.24, 2.45) is 0 Å². The third kappa shape index (κ3) is 7.84. The third-order valence-electron chi connectivity index (χ3n) is 7.32. The van der Waals surface area contributed by atoms with Crippen LogP contribution in [0.15, 0.2) is 66.0 Å². The first-order chi connectivity index (χ1) is 22.6. The van der Waals surface area contributed by atoms with Crippen molar-refractivity contribution in [3.8, 4) is 17.1 Å². The zero-order chi connectivity index (χ0) is 35.4. The van der Waals surface area contributed by atoms with E-state index < -0.39 is 22.0 Å². The molecule has 1 N–H and O–H groups in total. The van der Waals surface area contributed by atoms with Crippen LogP contribution in [0, 0.1) is 0 Å². The number of carbonyl (C=O) groups excluding carboxylic acids is 2. The van der Waals surface area contributed by atoms with Crippen molar-refractivity contribution in [3.63, 3.8) is 0 Å². The number of nitrogens with zero attached hydrogens (tertiary/aromatic N) is 6.